The number of fused-ring (bicyclic) bond motifs is 1. The molecule has 0 amide bonds. The third kappa shape index (κ3) is 3.67. The molecule has 0 saturated heterocycles. The van der Waals surface area contributed by atoms with Gasteiger partial charge in [0.1, 0.15) is 10.6 Å². The van der Waals surface area contributed by atoms with E-state index in [-0.39, 0.29) is 0 Å². The first-order valence-corrected chi connectivity index (χ1v) is 8.01. The van der Waals surface area contributed by atoms with Crippen LogP contribution in [0.4, 0.5) is 0 Å². The van der Waals surface area contributed by atoms with Crippen LogP contribution in [0.5, 0.6) is 0 Å². The number of nitrogens with zero attached hydrogens (tertiary/aromatic N) is 2. The lowest BCUT2D eigenvalue weighted by molar-refractivity contribution is 0.234. The molecule has 1 aromatic rings. The number of oxazole rings is 1. The zero-order valence-electron chi connectivity index (χ0n) is 12.6. The van der Waals surface area contributed by atoms with Crippen molar-refractivity contribution in [2.75, 3.05) is 6.54 Å². The first-order chi connectivity index (χ1) is 10.5. The number of hydrogen-bond donors (Lipinski definition) is 1. The maximum absolute atomic E-state index is 10.1. The first kappa shape index (κ1) is 15.1. The van der Waals surface area contributed by atoms with Crippen molar-refractivity contribution in [2.24, 2.45) is 10.9 Å². The molecule has 4 nitrogen and oxygen atoms in total. The van der Waals surface area contributed by atoms with Gasteiger partial charge in [-0.25, -0.2) is 4.98 Å². The highest BCUT2D eigenvalue weighted by atomic mass is 32.2. The fraction of sp³-hybridized carbons (Fsp3) is 0.294. The molecule has 0 fully saturated rings. The largest absolute Gasteiger partial charge is 0.437 e. The summed E-state index contributed by atoms with van der Waals surface area (Å²) in [6.07, 6.45) is 15.4. The Morgan fingerprint density at radius 2 is 2.18 bits per heavy atom. The van der Waals surface area contributed by atoms with Crippen molar-refractivity contribution in [1.29, 1.82) is 0 Å². The summed E-state index contributed by atoms with van der Waals surface area (Å²) in [4.78, 5) is 8.56. The summed E-state index contributed by atoms with van der Waals surface area (Å²) < 4.78 is 5.74. The molecule has 0 radical (unpaired) electrons. The minimum atomic E-state index is -0.984. The van der Waals surface area contributed by atoms with E-state index in [1.165, 1.54) is 11.8 Å². The summed E-state index contributed by atoms with van der Waals surface area (Å²) in [5.41, 5.74) is 0.845. The summed E-state index contributed by atoms with van der Waals surface area (Å²) in [6.45, 7) is 4.40. The van der Waals surface area contributed by atoms with Crippen LogP contribution < -0.4 is 0 Å². The maximum Gasteiger partial charge on any atom is 0.220 e. The van der Waals surface area contributed by atoms with Gasteiger partial charge in [-0.05, 0) is 37.1 Å². The Morgan fingerprint density at radius 1 is 1.36 bits per heavy atom. The average molecular weight is 314 g/mol. The van der Waals surface area contributed by atoms with Crippen molar-refractivity contribution < 1.29 is 9.52 Å². The molecular weight excluding hydrogens is 296 g/mol. The number of aliphatic hydroxyl groups is 1. The quantitative estimate of drug-likeness (QED) is 0.902. The number of aromatic nitrogens is 1. The van der Waals surface area contributed by atoms with Crippen LogP contribution in [0.15, 0.2) is 38.6 Å². The molecule has 2 atom stereocenters. The Bertz CT molecular complexity index is 677. The van der Waals surface area contributed by atoms with E-state index < -0.39 is 4.93 Å². The number of rotatable bonds is 2. The second-order valence-electron chi connectivity index (χ2n) is 5.47. The third-order valence-corrected chi connectivity index (χ3v) is 4.31. The van der Waals surface area contributed by atoms with Gasteiger partial charge in [-0.3, -0.25) is 4.99 Å². The minimum Gasteiger partial charge on any atom is -0.437 e. The number of hydrogen-bond acceptors (Lipinski definition) is 5. The molecule has 114 valence electrons. The van der Waals surface area contributed by atoms with Gasteiger partial charge in [0, 0.05) is 17.2 Å². The van der Waals surface area contributed by atoms with Gasteiger partial charge in [0.2, 0.25) is 5.89 Å². The van der Waals surface area contributed by atoms with Crippen molar-refractivity contribution in [2.45, 2.75) is 18.8 Å². The lowest BCUT2D eigenvalue weighted by atomic mass is 10.2. The summed E-state index contributed by atoms with van der Waals surface area (Å²) in [5.74, 6) is 1.72. The van der Waals surface area contributed by atoms with E-state index >= 15 is 0 Å². The van der Waals surface area contributed by atoms with E-state index in [0.29, 0.717) is 18.4 Å². The van der Waals surface area contributed by atoms with Crippen LogP contribution in [-0.4, -0.2) is 27.8 Å². The van der Waals surface area contributed by atoms with Crippen LogP contribution in [0, 0.1) is 5.92 Å². The monoisotopic (exact) mass is 314 g/mol. The van der Waals surface area contributed by atoms with Crippen LogP contribution in [0.1, 0.15) is 31.2 Å². The molecule has 2 heterocycles. The van der Waals surface area contributed by atoms with Crippen molar-refractivity contribution in [3.63, 3.8) is 0 Å². The molecule has 3 rings (SSSR count). The van der Waals surface area contributed by atoms with E-state index in [1.54, 1.807) is 13.1 Å². The lowest BCUT2D eigenvalue weighted by Gasteiger charge is -2.15. The summed E-state index contributed by atoms with van der Waals surface area (Å²) in [7, 11) is 0. The fourth-order valence-electron chi connectivity index (χ4n) is 2.14. The van der Waals surface area contributed by atoms with E-state index in [4.69, 9.17) is 4.42 Å². The standard InChI is InChI=1S/C17H18N2O2S/c1-12-3-6-14-15(7-4-12)21-16(19-14)8-5-13-9-10-18-11-17(2,20)22-13/h3-9,11-12,20H,10H2,1-2H3/b8-5+. The second kappa shape index (κ2) is 6.10. The molecule has 1 aromatic heterocycles. The molecule has 1 aliphatic carbocycles. The minimum absolute atomic E-state index is 0.387. The van der Waals surface area contributed by atoms with Gasteiger partial charge in [0.25, 0.3) is 0 Å². The fourth-order valence-corrected chi connectivity index (χ4v) is 3.04. The van der Waals surface area contributed by atoms with Crippen molar-refractivity contribution >= 4 is 36.2 Å². The zero-order chi connectivity index (χ0) is 15.6. The number of allylic oxidation sites excluding steroid dienone is 3. The normalized spacial score (nSPS) is 27.6. The topological polar surface area (TPSA) is 58.6 Å². The summed E-state index contributed by atoms with van der Waals surface area (Å²) in [6, 6.07) is 0. The van der Waals surface area contributed by atoms with Gasteiger partial charge in [0.05, 0.1) is 6.54 Å². The summed E-state index contributed by atoms with van der Waals surface area (Å²) in [5, 5.41) is 10.1. The molecule has 1 aliphatic heterocycles. The van der Waals surface area contributed by atoms with Crippen LogP contribution in [0.2, 0.25) is 0 Å². The summed E-state index contributed by atoms with van der Waals surface area (Å²) >= 11 is 1.35. The highest BCUT2D eigenvalue weighted by molar-refractivity contribution is 8.05. The van der Waals surface area contributed by atoms with Crippen LogP contribution in [-0.2, 0) is 0 Å². The molecular formula is C17H18N2O2S. The first-order valence-electron chi connectivity index (χ1n) is 7.20. The Hall–Kier alpha value is -1.85. The molecule has 2 unspecified atom stereocenters. The average Bonchev–Trinajstić information content (AvgIpc) is 2.67. The van der Waals surface area contributed by atoms with E-state index in [1.807, 2.05) is 30.4 Å². The Balaban J connectivity index is 1.77. The zero-order valence-corrected chi connectivity index (χ0v) is 13.4. The molecule has 2 aliphatic rings. The molecule has 0 bridgehead atoms. The number of thioether (sulfide) groups is 1. The molecule has 22 heavy (non-hydrogen) atoms. The van der Waals surface area contributed by atoms with Gasteiger partial charge < -0.3 is 9.52 Å². The van der Waals surface area contributed by atoms with Crippen LogP contribution in [0.3, 0.4) is 0 Å². The van der Waals surface area contributed by atoms with E-state index in [9.17, 15) is 5.11 Å². The third-order valence-electron chi connectivity index (χ3n) is 3.25. The molecule has 1 N–H and O–H groups in total. The van der Waals surface area contributed by atoms with Gasteiger partial charge in [-0.1, -0.05) is 30.8 Å². The molecule has 5 heteroatoms. The predicted octanol–water partition coefficient (Wildman–Crippen LogP) is 3.77. The molecule has 0 aromatic carbocycles. The van der Waals surface area contributed by atoms with Crippen molar-refractivity contribution in [3.8, 4) is 0 Å². The Kier molecular flexibility index (Phi) is 4.18. The van der Waals surface area contributed by atoms with Crippen molar-refractivity contribution in [1.82, 2.24) is 4.98 Å². The molecule has 0 saturated carbocycles. The van der Waals surface area contributed by atoms with Gasteiger partial charge in [0.15, 0.2) is 5.76 Å². The highest BCUT2D eigenvalue weighted by Crippen LogP contribution is 2.31. The smallest absolute Gasteiger partial charge is 0.220 e. The number of aliphatic imine (C=N–C) groups is 1. The van der Waals surface area contributed by atoms with E-state index in [0.717, 1.165) is 16.4 Å². The molecule has 0 spiro atoms. The van der Waals surface area contributed by atoms with Crippen molar-refractivity contribution in [3.05, 3.63) is 46.6 Å². The maximum atomic E-state index is 10.1. The van der Waals surface area contributed by atoms with Gasteiger partial charge in [-0.15, -0.1) is 0 Å². The Labute approximate surface area is 134 Å². The highest BCUT2D eigenvalue weighted by Gasteiger charge is 2.21. The van der Waals surface area contributed by atoms with Gasteiger partial charge in [-0.2, -0.15) is 0 Å². The van der Waals surface area contributed by atoms with Crippen LogP contribution in [0.25, 0.3) is 18.2 Å². The SMILES string of the molecule is CC1C=Cc2nc(/C=C/C3=CCN=CC(C)(O)S3)oc2C=C1. The Morgan fingerprint density at radius 3 is 3.05 bits per heavy atom. The second-order valence-corrected chi connectivity index (χ2v) is 6.97. The predicted molar refractivity (Wildman–Crippen MR) is 92.4 cm³/mol. The van der Waals surface area contributed by atoms with Gasteiger partial charge >= 0.3 is 0 Å². The lowest BCUT2D eigenvalue weighted by Crippen LogP contribution is -2.20. The van der Waals surface area contributed by atoms with E-state index in [2.05, 4.69) is 29.1 Å². The van der Waals surface area contributed by atoms with Crippen LogP contribution >= 0.6 is 11.8 Å².